The quantitative estimate of drug-likeness (QED) is 0.400. The summed E-state index contributed by atoms with van der Waals surface area (Å²) in [5, 5.41) is 5.49. The number of aromatic nitrogens is 2. The molecule has 3 heterocycles. The van der Waals surface area contributed by atoms with Gasteiger partial charge in [0.05, 0.1) is 29.0 Å². The second-order valence-corrected chi connectivity index (χ2v) is 9.30. The van der Waals surface area contributed by atoms with E-state index in [4.69, 9.17) is 11.5 Å². The van der Waals surface area contributed by atoms with Gasteiger partial charge in [-0.3, -0.25) is 14.6 Å². The summed E-state index contributed by atoms with van der Waals surface area (Å²) in [4.78, 5) is 35.7. The number of anilines is 3. The molecule has 4 rings (SSSR count). The van der Waals surface area contributed by atoms with Crippen LogP contribution in [0.5, 0.6) is 0 Å². The Labute approximate surface area is 213 Å². The van der Waals surface area contributed by atoms with Crippen molar-refractivity contribution in [1.29, 1.82) is 0 Å². The molecule has 9 nitrogen and oxygen atoms in total. The lowest BCUT2D eigenvalue weighted by Gasteiger charge is -2.35. The predicted molar refractivity (Wildman–Crippen MR) is 139 cm³/mol. The maximum Gasteiger partial charge on any atom is 0.276 e. The third-order valence-corrected chi connectivity index (χ3v) is 5.88. The number of amides is 2. The number of nitrogens with zero attached hydrogens (tertiary/aromatic N) is 3. The molecule has 1 aromatic carbocycles. The second-order valence-electron chi connectivity index (χ2n) is 9.30. The molecule has 2 amide bonds. The minimum atomic E-state index is -1.09. The van der Waals surface area contributed by atoms with Gasteiger partial charge in [-0.1, -0.05) is 0 Å². The molecule has 2 aromatic heterocycles. The largest absolute Gasteiger partial charge is 0.397 e. The normalized spacial score (nSPS) is 17.5. The van der Waals surface area contributed by atoms with Crippen molar-refractivity contribution in [2.75, 3.05) is 29.0 Å². The summed E-state index contributed by atoms with van der Waals surface area (Å²) >= 11 is 0. The molecule has 1 aliphatic rings. The molecule has 0 radical (unpaired) electrons. The molecule has 1 aliphatic heterocycles. The van der Waals surface area contributed by atoms with Gasteiger partial charge >= 0.3 is 0 Å². The van der Waals surface area contributed by atoms with Crippen molar-refractivity contribution in [2.45, 2.75) is 38.5 Å². The van der Waals surface area contributed by atoms with Crippen LogP contribution >= 0.6 is 0 Å². The van der Waals surface area contributed by atoms with E-state index in [1.807, 2.05) is 13.8 Å². The topological polar surface area (TPSA) is 139 Å². The molecule has 194 valence electrons. The third-order valence-electron chi connectivity index (χ3n) is 5.88. The molecule has 0 bridgehead atoms. The highest BCUT2D eigenvalue weighted by Gasteiger charge is 2.27. The zero-order valence-corrected chi connectivity index (χ0v) is 20.5. The standard InChI is InChI=1S/C26H29F2N7O2/c1-14(2)32-25(36)15-3-4-19(28)18(9-15)21-6-5-20(30)24(33-21)26(37)34-22-11-31-8-7-23(22)35-12-16(27)10-17(29)13-35/h3-9,11,14,16-17H,10,12-13,29-30H2,1-2H3,(H,32,36)(H,34,37). The van der Waals surface area contributed by atoms with Gasteiger partial charge in [0, 0.05) is 42.5 Å². The summed E-state index contributed by atoms with van der Waals surface area (Å²) in [5.74, 6) is -1.62. The Bertz CT molecular complexity index is 1310. The van der Waals surface area contributed by atoms with E-state index in [1.165, 1.54) is 42.7 Å². The molecule has 11 heteroatoms. The summed E-state index contributed by atoms with van der Waals surface area (Å²) in [7, 11) is 0. The van der Waals surface area contributed by atoms with Gasteiger partial charge in [-0.2, -0.15) is 0 Å². The number of piperidine rings is 1. The van der Waals surface area contributed by atoms with E-state index in [2.05, 4.69) is 20.6 Å². The summed E-state index contributed by atoms with van der Waals surface area (Å²) in [5.41, 5.74) is 13.3. The van der Waals surface area contributed by atoms with Crippen LogP contribution in [0.15, 0.2) is 48.8 Å². The Morgan fingerprint density at radius 3 is 2.65 bits per heavy atom. The summed E-state index contributed by atoms with van der Waals surface area (Å²) in [6.07, 6.45) is 2.16. The van der Waals surface area contributed by atoms with Crippen molar-refractivity contribution in [3.8, 4) is 11.3 Å². The van der Waals surface area contributed by atoms with Gasteiger partial charge in [-0.25, -0.2) is 13.8 Å². The molecular formula is C26H29F2N7O2. The van der Waals surface area contributed by atoms with Gasteiger partial charge in [0.25, 0.3) is 11.8 Å². The number of benzene rings is 1. The van der Waals surface area contributed by atoms with E-state index in [9.17, 15) is 18.4 Å². The molecule has 0 spiro atoms. The number of rotatable bonds is 6. The Kier molecular flexibility index (Phi) is 7.63. The third kappa shape index (κ3) is 6.00. The van der Waals surface area contributed by atoms with Crippen LogP contribution in [0.2, 0.25) is 0 Å². The van der Waals surface area contributed by atoms with Gasteiger partial charge in [0.1, 0.15) is 12.0 Å². The van der Waals surface area contributed by atoms with Crippen LogP contribution in [-0.4, -0.2) is 53.1 Å². The van der Waals surface area contributed by atoms with Gasteiger partial charge in [0.2, 0.25) is 0 Å². The van der Waals surface area contributed by atoms with Crippen molar-refractivity contribution in [3.05, 3.63) is 65.9 Å². The first-order valence-electron chi connectivity index (χ1n) is 11.9. The second kappa shape index (κ2) is 10.9. The highest BCUT2D eigenvalue weighted by atomic mass is 19.1. The van der Waals surface area contributed by atoms with Crippen LogP contribution in [0.1, 0.15) is 41.1 Å². The molecule has 1 saturated heterocycles. The maximum absolute atomic E-state index is 14.7. The lowest BCUT2D eigenvalue weighted by atomic mass is 10.0. The molecule has 2 unspecified atom stereocenters. The first-order chi connectivity index (χ1) is 17.6. The predicted octanol–water partition coefficient (Wildman–Crippen LogP) is 3.13. The number of hydrogen-bond donors (Lipinski definition) is 4. The number of pyridine rings is 2. The van der Waals surface area contributed by atoms with E-state index < -0.39 is 17.9 Å². The molecule has 2 atom stereocenters. The van der Waals surface area contributed by atoms with E-state index in [0.717, 1.165) is 0 Å². The van der Waals surface area contributed by atoms with E-state index in [1.54, 1.807) is 11.0 Å². The fraction of sp³-hybridized carbons (Fsp3) is 0.308. The maximum atomic E-state index is 14.7. The number of carbonyl (C=O) groups excluding carboxylic acids is 2. The number of nitrogen functional groups attached to an aromatic ring is 1. The molecule has 6 N–H and O–H groups in total. The van der Waals surface area contributed by atoms with Crippen LogP contribution < -0.4 is 27.0 Å². The highest BCUT2D eigenvalue weighted by molar-refractivity contribution is 6.08. The Balaban J connectivity index is 1.63. The van der Waals surface area contributed by atoms with Crippen LogP contribution in [-0.2, 0) is 0 Å². The molecule has 37 heavy (non-hydrogen) atoms. The Morgan fingerprint density at radius 1 is 1.14 bits per heavy atom. The molecule has 0 aliphatic carbocycles. The van der Waals surface area contributed by atoms with Gasteiger partial charge < -0.3 is 27.0 Å². The van der Waals surface area contributed by atoms with Crippen molar-refractivity contribution < 1.29 is 18.4 Å². The van der Waals surface area contributed by atoms with Crippen molar-refractivity contribution in [2.24, 2.45) is 5.73 Å². The number of nitrogens with one attached hydrogen (secondary N) is 2. The van der Waals surface area contributed by atoms with Crippen molar-refractivity contribution in [3.63, 3.8) is 0 Å². The number of nitrogens with two attached hydrogens (primary N) is 2. The lowest BCUT2D eigenvalue weighted by molar-refractivity contribution is 0.0942. The fourth-order valence-corrected chi connectivity index (χ4v) is 4.22. The Morgan fingerprint density at radius 2 is 1.92 bits per heavy atom. The first-order valence-corrected chi connectivity index (χ1v) is 11.9. The number of hydrogen-bond acceptors (Lipinski definition) is 7. The van der Waals surface area contributed by atoms with Gasteiger partial charge in [0.15, 0.2) is 5.69 Å². The minimum absolute atomic E-state index is 0.0452. The monoisotopic (exact) mass is 509 g/mol. The lowest BCUT2D eigenvalue weighted by Crippen LogP contribution is -2.48. The van der Waals surface area contributed by atoms with E-state index in [-0.39, 0.29) is 59.2 Å². The van der Waals surface area contributed by atoms with Gasteiger partial charge in [-0.05, 0) is 56.7 Å². The molecule has 0 saturated carbocycles. The summed E-state index contributed by atoms with van der Waals surface area (Å²) < 4.78 is 28.9. The van der Waals surface area contributed by atoms with Crippen molar-refractivity contribution in [1.82, 2.24) is 15.3 Å². The average Bonchev–Trinajstić information content (AvgIpc) is 2.84. The van der Waals surface area contributed by atoms with Crippen LogP contribution in [0, 0.1) is 5.82 Å². The fourth-order valence-electron chi connectivity index (χ4n) is 4.22. The van der Waals surface area contributed by atoms with Crippen LogP contribution in [0.25, 0.3) is 11.3 Å². The molecule has 1 fully saturated rings. The summed E-state index contributed by atoms with van der Waals surface area (Å²) in [6, 6.07) is 8.06. The number of halogens is 2. The number of carbonyl (C=O) groups is 2. The van der Waals surface area contributed by atoms with Gasteiger partial charge in [-0.15, -0.1) is 0 Å². The number of alkyl halides is 1. The van der Waals surface area contributed by atoms with E-state index >= 15 is 0 Å². The average molecular weight is 510 g/mol. The van der Waals surface area contributed by atoms with Crippen LogP contribution in [0.3, 0.4) is 0 Å². The zero-order chi connectivity index (χ0) is 26.7. The SMILES string of the molecule is CC(C)NC(=O)c1ccc(F)c(-c2ccc(N)c(C(=O)Nc3cnccc3N3CC(N)CC(F)C3)n2)c1. The van der Waals surface area contributed by atoms with Crippen LogP contribution in [0.4, 0.5) is 25.8 Å². The zero-order valence-electron chi connectivity index (χ0n) is 20.5. The van der Waals surface area contributed by atoms with E-state index in [0.29, 0.717) is 17.9 Å². The minimum Gasteiger partial charge on any atom is -0.397 e. The summed E-state index contributed by atoms with van der Waals surface area (Å²) in [6.45, 7) is 4.19. The smallest absolute Gasteiger partial charge is 0.276 e. The Hall–Kier alpha value is -4.12. The first kappa shape index (κ1) is 26.0. The van der Waals surface area contributed by atoms with Crippen molar-refractivity contribution >= 4 is 28.9 Å². The molecule has 3 aromatic rings. The molecular weight excluding hydrogens is 480 g/mol. The highest BCUT2D eigenvalue weighted by Crippen LogP contribution is 2.30.